The summed E-state index contributed by atoms with van der Waals surface area (Å²) in [6, 6.07) is 12.5. The second kappa shape index (κ2) is 7.99. The SMILES string of the molecule is C=CCN1C(=O)C(Nc2ccc(CC)cc2)=C(c2ccc(Cl)cc2Cl)C1=O. The molecule has 3 rings (SSSR count). The zero-order valence-electron chi connectivity index (χ0n) is 14.8. The highest BCUT2D eigenvalue weighted by atomic mass is 35.5. The zero-order chi connectivity index (χ0) is 19.6. The molecule has 4 nitrogen and oxygen atoms in total. The summed E-state index contributed by atoms with van der Waals surface area (Å²) < 4.78 is 0. The van der Waals surface area contributed by atoms with E-state index in [-0.39, 0.29) is 17.8 Å². The molecule has 0 unspecified atom stereocenters. The van der Waals surface area contributed by atoms with Gasteiger partial charge in [0.05, 0.1) is 10.6 Å². The first-order valence-corrected chi connectivity index (χ1v) is 9.24. The molecular formula is C21H18Cl2N2O2. The lowest BCUT2D eigenvalue weighted by Gasteiger charge is -2.12. The molecule has 138 valence electrons. The summed E-state index contributed by atoms with van der Waals surface area (Å²) in [4.78, 5) is 26.9. The van der Waals surface area contributed by atoms with E-state index in [0.717, 1.165) is 11.3 Å². The maximum Gasteiger partial charge on any atom is 0.278 e. The van der Waals surface area contributed by atoms with Crippen LogP contribution in [0.15, 0.2) is 60.8 Å². The van der Waals surface area contributed by atoms with Crippen LogP contribution in [0.5, 0.6) is 0 Å². The number of aryl methyl sites for hydroxylation is 1. The third-order valence-corrected chi connectivity index (χ3v) is 4.86. The molecule has 2 aromatic carbocycles. The molecule has 1 aliphatic heterocycles. The molecule has 2 amide bonds. The molecule has 1 heterocycles. The van der Waals surface area contributed by atoms with Crippen molar-refractivity contribution in [2.45, 2.75) is 13.3 Å². The van der Waals surface area contributed by atoms with E-state index in [0.29, 0.717) is 21.3 Å². The van der Waals surface area contributed by atoms with Gasteiger partial charge in [0.1, 0.15) is 5.70 Å². The van der Waals surface area contributed by atoms with Gasteiger partial charge in [-0.15, -0.1) is 6.58 Å². The van der Waals surface area contributed by atoms with Crippen molar-refractivity contribution < 1.29 is 9.59 Å². The summed E-state index contributed by atoms with van der Waals surface area (Å²) in [7, 11) is 0. The third-order valence-electron chi connectivity index (χ3n) is 4.31. The summed E-state index contributed by atoms with van der Waals surface area (Å²) in [6.45, 7) is 5.80. The van der Waals surface area contributed by atoms with Crippen molar-refractivity contribution in [3.8, 4) is 0 Å². The fourth-order valence-electron chi connectivity index (χ4n) is 2.90. The highest BCUT2D eigenvalue weighted by Crippen LogP contribution is 2.35. The number of halogens is 2. The average Bonchev–Trinajstić information content (AvgIpc) is 2.87. The molecule has 27 heavy (non-hydrogen) atoms. The average molecular weight is 401 g/mol. The lowest BCUT2D eigenvalue weighted by Crippen LogP contribution is -2.32. The summed E-state index contributed by atoms with van der Waals surface area (Å²) in [5, 5.41) is 3.85. The normalized spacial score (nSPS) is 14.1. The third kappa shape index (κ3) is 3.77. The number of hydrogen-bond donors (Lipinski definition) is 1. The van der Waals surface area contributed by atoms with Crippen LogP contribution in [-0.2, 0) is 16.0 Å². The van der Waals surface area contributed by atoms with Gasteiger partial charge in [0, 0.05) is 22.8 Å². The number of hydrogen-bond acceptors (Lipinski definition) is 3. The topological polar surface area (TPSA) is 49.4 Å². The molecule has 0 saturated heterocycles. The van der Waals surface area contributed by atoms with Crippen LogP contribution in [0.25, 0.3) is 5.57 Å². The number of carbonyl (C=O) groups excluding carboxylic acids is 2. The van der Waals surface area contributed by atoms with E-state index in [1.807, 2.05) is 24.3 Å². The van der Waals surface area contributed by atoms with Crippen LogP contribution in [0.1, 0.15) is 18.1 Å². The highest BCUT2D eigenvalue weighted by molar-refractivity contribution is 6.41. The predicted molar refractivity (Wildman–Crippen MR) is 110 cm³/mol. The summed E-state index contributed by atoms with van der Waals surface area (Å²) in [6.07, 6.45) is 2.43. The van der Waals surface area contributed by atoms with Gasteiger partial charge in [0.2, 0.25) is 0 Å². The van der Waals surface area contributed by atoms with Gasteiger partial charge in [-0.2, -0.15) is 0 Å². The largest absolute Gasteiger partial charge is 0.350 e. The molecule has 0 spiro atoms. The minimum atomic E-state index is -0.420. The summed E-state index contributed by atoms with van der Waals surface area (Å²) in [5.41, 5.74) is 2.76. The zero-order valence-corrected chi connectivity index (χ0v) is 16.3. The molecule has 1 aliphatic rings. The van der Waals surface area contributed by atoms with Gasteiger partial charge in [0.15, 0.2) is 0 Å². The van der Waals surface area contributed by atoms with E-state index in [4.69, 9.17) is 23.2 Å². The van der Waals surface area contributed by atoms with Crippen molar-refractivity contribution in [1.82, 2.24) is 4.90 Å². The molecule has 0 aliphatic carbocycles. The Hall–Kier alpha value is -2.56. The number of benzene rings is 2. The van der Waals surface area contributed by atoms with Crippen LogP contribution in [0.3, 0.4) is 0 Å². The van der Waals surface area contributed by atoms with Gasteiger partial charge in [-0.25, -0.2) is 0 Å². The Morgan fingerprint density at radius 3 is 2.37 bits per heavy atom. The van der Waals surface area contributed by atoms with Crippen LogP contribution in [0.4, 0.5) is 5.69 Å². The number of rotatable bonds is 6. The molecule has 0 bridgehead atoms. The van der Waals surface area contributed by atoms with Crippen LogP contribution < -0.4 is 5.32 Å². The Kier molecular flexibility index (Phi) is 5.68. The Labute approximate surface area is 168 Å². The van der Waals surface area contributed by atoms with Crippen molar-refractivity contribution in [1.29, 1.82) is 0 Å². The fourth-order valence-corrected chi connectivity index (χ4v) is 3.40. The van der Waals surface area contributed by atoms with E-state index in [2.05, 4.69) is 18.8 Å². The first kappa shape index (κ1) is 19.2. The minimum absolute atomic E-state index is 0.117. The Morgan fingerprint density at radius 1 is 1.07 bits per heavy atom. The quantitative estimate of drug-likeness (QED) is 0.552. The van der Waals surface area contributed by atoms with Crippen molar-refractivity contribution in [3.05, 3.63) is 82.0 Å². The number of imide groups is 1. The molecule has 1 N–H and O–H groups in total. The van der Waals surface area contributed by atoms with E-state index < -0.39 is 11.8 Å². The summed E-state index contributed by atoms with van der Waals surface area (Å²) in [5.74, 6) is -0.836. The van der Waals surface area contributed by atoms with Crippen molar-refractivity contribution in [2.75, 3.05) is 11.9 Å². The van der Waals surface area contributed by atoms with E-state index in [1.165, 1.54) is 11.6 Å². The fraction of sp³-hybridized carbons (Fsp3) is 0.143. The minimum Gasteiger partial charge on any atom is -0.350 e. The van der Waals surface area contributed by atoms with Crippen molar-refractivity contribution >= 4 is 46.3 Å². The molecule has 6 heteroatoms. The van der Waals surface area contributed by atoms with Crippen LogP contribution in [0.2, 0.25) is 10.0 Å². The molecule has 0 saturated carbocycles. The monoisotopic (exact) mass is 400 g/mol. The smallest absolute Gasteiger partial charge is 0.278 e. The molecular weight excluding hydrogens is 383 g/mol. The number of amides is 2. The standard InChI is InChI=1S/C21H18Cl2N2O2/c1-3-11-25-20(26)18(16-10-7-14(22)12-17(16)23)19(21(25)27)24-15-8-5-13(4-2)6-9-15/h3,5-10,12,24H,1,4,11H2,2H3. The van der Waals surface area contributed by atoms with E-state index in [9.17, 15) is 9.59 Å². The Balaban J connectivity index is 2.09. The molecule has 0 fully saturated rings. The van der Waals surface area contributed by atoms with Crippen molar-refractivity contribution in [2.24, 2.45) is 0 Å². The van der Waals surface area contributed by atoms with Gasteiger partial charge in [-0.3, -0.25) is 14.5 Å². The molecule has 0 aromatic heterocycles. The maximum atomic E-state index is 12.9. The van der Waals surface area contributed by atoms with Gasteiger partial charge < -0.3 is 5.32 Å². The maximum absolute atomic E-state index is 12.9. The van der Waals surface area contributed by atoms with Crippen molar-refractivity contribution in [3.63, 3.8) is 0 Å². The van der Waals surface area contributed by atoms with Gasteiger partial charge in [-0.1, -0.05) is 54.4 Å². The molecule has 0 atom stereocenters. The predicted octanol–water partition coefficient (Wildman–Crippen LogP) is 4.93. The van der Waals surface area contributed by atoms with E-state index in [1.54, 1.807) is 18.2 Å². The first-order chi connectivity index (χ1) is 13.0. The Bertz CT molecular complexity index is 949. The lowest BCUT2D eigenvalue weighted by molar-refractivity contribution is -0.136. The second-order valence-corrected chi connectivity index (χ2v) is 6.90. The molecule has 0 radical (unpaired) electrons. The van der Waals surface area contributed by atoms with Crippen LogP contribution in [0, 0.1) is 0 Å². The second-order valence-electron chi connectivity index (χ2n) is 6.06. The van der Waals surface area contributed by atoms with E-state index >= 15 is 0 Å². The van der Waals surface area contributed by atoms with Gasteiger partial charge in [-0.05, 0) is 36.2 Å². The number of anilines is 1. The Morgan fingerprint density at radius 2 is 1.78 bits per heavy atom. The summed E-state index contributed by atoms with van der Waals surface area (Å²) >= 11 is 12.3. The first-order valence-electron chi connectivity index (χ1n) is 8.49. The van der Waals surface area contributed by atoms with Gasteiger partial charge >= 0.3 is 0 Å². The lowest BCUT2D eigenvalue weighted by atomic mass is 10.0. The number of nitrogens with one attached hydrogen (secondary N) is 1. The van der Waals surface area contributed by atoms with Gasteiger partial charge in [0.25, 0.3) is 11.8 Å². The highest BCUT2D eigenvalue weighted by Gasteiger charge is 2.39. The van der Waals surface area contributed by atoms with Crippen LogP contribution >= 0.6 is 23.2 Å². The number of nitrogens with zero attached hydrogens (tertiary/aromatic N) is 1. The van der Waals surface area contributed by atoms with Crippen LogP contribution in [-0.4, -0.2) is 23.3 Å². The number of carbonyl (C=O) groups is 2. The molecule has 2 aromatic rings.